The summed E-state index contributed by atoms with van der Waals surface area (Å²) in [6, 6.07) is 69.8. The molecule has 0 amide bonds. The fraction of sp³-hybridized carbons (Fsp3) is 0.0204. The maximum atomic E-state index is 5.20. The molecule has 0 unspecified atom stereocenters. The number of hydrogen-bond donors (Lipinski definition) is 0. The van der Waals surface area contributed by atoms with Gasteiger partial charge in [-0.1, -0.05) is 182 Å². The Balaban J connectivity index is 1.11. The standard InChI is InChI=1S/C49H32N2/c1-4-15-35(16-5-1)46-42-30-28-34-14-10-11-21-40(34)47(42)51-48(50-46)36-26-24-33(25-27-36)37-29-31-45-43(32-37)41-22-12-13-23-44(41)49(45,38-17-6-2-7-18-38)39-19-8-3-9-20-39/h1-32H. The lowest BCUT2D eigenvalue weighted by Gasteiger charge is -2.33. The van der Waals surface area contributed by atoms with E-state index in [1.807, 2.05) is 6.07 Å². The van der Waals surface area contributed by atoms with Crippen LogP contribution in [-0.4, -0.2) is 9.97 Å². The molecule has 1 aromatic heterocycles. The molecule has 51 heavy (non-hydrogen) atoms. The highest BCUT2D eigenvalue weighted by atomic mass is 14.9. The molecule has 2 nitrogen and oxygen atoms in total. The first-order chi connectivity index (χ1) is 25.3. The van der Waals surface area contributed by atoms with Crippen LogP contribution < -0.4 is 0 Å². The average Bonchev–Trinajstić information content (AvgIpc) is 3.52. The van der Waals surface area contributed by atoms with Gasteiger partial charge in [0.05, 0.1) is 16.6 Å². The lowest BCUT2D eigenvalue weighted by Crippen LogP contribution is -2.28. The lowest BCUT2D eigenvalue weighted by molar-refractivity contribution is 0.768. The molecule has 0 saturated heterocycles. The Hall–Kier alpha value is -6.64. The first kappa shape index (κ1) is 29.3. The van der Waals surface area contributed by atoms with Crippen molar-refractivity contribution in [2.24, 2.45) is 0 Å². The van der Waals surface area contributed by atoms with Crippen LogP contribution in [0, 0.1) is 0 Å². The molecule has 0 atom stereocenters. The minimum atomic E-state index is -0.398. The molecule has 9 aromatic rings. The third kappa shape index (κ3) is 4.57. The summed E-state index contributed by atoms with van der Waals surface area (Å²) in [5.41, 5.74) is 13.7. The van der Waals surface area contributed by atoms with E-state index < -0.39 is 5.41 Å². The third-order valence-electron chi connectivity index (χ3n) is 10.6. The van der Waals surface area contributed by atoms with Gasteiger partial charge in [-0.3, -0.25) is 0 Å². The molecule has 238 valence electrons. The molecule has 0 saturated carbocycles. The average molecular weight is 649 g/mol. The number of benzene rings is 8. The molecule has 0 aliphatic heterocycles. The number of nitrogens with zero attached hydrogens (tertiary/aromatic N) is 2. The highest BCUT2D eigenvalue weighted by Gasteiger charge is 2.45. The van der Waals surface area contributed by atoms with Gasteiger partial charge in [-0.2, -0.15) is 0 Å². The van der Waals surface area contributed by atoms with Crippen LogP contribution in [0.5, 0.6) is 0 Å². The molecule has 10 rings (SSSR count). The van der Waals surface area contributed by atoms with Crippen molar-refractivity contribution in [1.82, 2.24) is 9.97 Å². The Bertz CT molecular complexity index is 2680. The Morgan fingerprint density at radius 1 is 0.353 bits per heavy atom. The van der Waals surface area contributed by atoms with Crippen LogP contribution >= 0.6 is 0 Å². The van der Waals surface area contributed by atoms with Gasteiger partial charge >= 0.3 is 0 Å². The van der Waals surface area contributed by atoms with Gasteiger partial charge in [0.25, 0.3) is 0 Å². The first-order valence-corrected chi connectivity index (χ1v) is 17.5. The van der Waals surface area contributed by atoms with Gasteiger partial charge in [0.1, 0.15) is 0 Å². The largest absolute Gasteiger partial charge is 0.227 e. The molecule has 0 radical (unpaired) electrons. The summed E-state index contributed by atoms with van der Waals surface area (Å²) in [6.07, 6.45) is 0. The Morgan fingerprint density at radius 2 is 0.941 bits per heavy atom. The Kier molecular flexibility index (Phi) is 6.75. The fourth-order valence-electron chi connectivity index (χ4n) is 8.25. The zero-order chi connectivity index (χ0) is 33.8. The van der Waals surface area contributed by atoms with E-state index >= 15 is 0 Å². The fourth-order valence-corrected chi connectivity index (χ4v) is 8.25. The highest BCUT2D eigenvalue weighted by Crippen LogP contribution is 2.56. The van der Waals surface area contributed by atoms with E-state index in [0.717, 1.165) is 44.5 Å². The predicted octanol–water partition coefficient (Wildman–Crippen LogP) is 12.1. The lowest BCUT2D eigenvalue weighted by atomic mass is 9.67. The first-order valence-electron chi connectivity index (χ1n) is 17.5. The maximum absolute atomic E-state index is 5.20. The van der Waals surface area contributed by atoms with Crippen molar-refractivity contribution in [3.63, 3.8) is 0 Å². The number of hydrogen-bond acceptors (Lipinski definition) is 2. The minimum Gasteiger partial charge on any atom is -0.227 e. The van der Waals surface area contributed by atoms with Gasteiger partial charge in [-0.15, -0.1) is 0 Å². The van der Waals surface area contributed by atoms with Crippen molar-refractivity contribution >= 4 is 21.7 Å². The summed E-state index contributed by atoms with van der Waals surface area (Å²) >= 11 is 0. The van der Waals surface area contributed by atoms with E-state index in [1.165, 1.54) is 44.3 Å². The SMILES string of the molecule is c1ccc(-c2nc(-c3ccc(-c4ccc5c(c4)-c4ccccc4C5(c4ccccc4)c4ccccc4)cc3)nc3c2ccc2ccccc23)cc1. The van der Waals surface area contributed by atoms with Crippen LogP contribution in [0.2, 0.25) is 0 Å². The number of fused-ring (bicyclic) bond motifs is 6. The quantitative estimate of drug-likeness (QED) is 0.174. The van der Waals surface area contributed by atoms with Crippen molar-refractivity contribution in [1.29, 1.82) is 0 Å². The molecule has 0 fully saturated rings. The molecular weight excluding hydrogens is 617 g/mol. The van der Waals surface area contributed by atoms with Crippen molar-refractivity contribution in [3.05, 3.63) is 216 Å². The second kappa shape index (κ2) is 11.8. The second-order valence-electron chi connectivity index (χ2n) is 13.3. The molecular formula is C49H32N2. The number of aromatic nitrogens is 2. The van der Waals surface area contributed by atoms with Crippen molar-refractivity contribution in [2.75, 3.05) is 0 Å². The summed E-state index contributed by atoms with van der Waals surface area (Å²) < 4.78 is 0. The predicted molar refractivity (Wildman–Crippen MR) is 211 cm³/mol. The van der Waals surface area contributed by atoms with E-state index in [2.05, 4.69) is 188 Å². The van der Waals surface area contributed by atoms with Crippen LogP contribution in [0.3, 0.4) is 0 Å². The van der Waals surface area contributed by atoms with E-state index in [-0.39, 0.29) is 0 Å². The smallest absolute Gasteiger partial charge is 0.160 e. The molecule has 0 spiro atoms. The van der Waals surface area contributed by atoms with Gasteiger partial charge in [0.2, 0.25) is 0 Å². The molecule has 8 aromatic carbocycles. The summed E-state index contributed by atoms with van der Waals surface area (Å²) in [5, 5.41) is 3.36. The van der Waals surface area contributed by atoms with Crippen LogP contribution in [0.4, 0.5) is 0 Å². The van der Waals surface area contributed by atoms with E-state index in [1.54, 1.807) is 0 Å². The van der Waals surface area contributed by atoms with E-state index in [0.29, 0.717) is 0 Å². The monoisotopic (exact) mass is 648 g/mol. The number of rotatable bonds is 5. The molecule has 1 aliphatic carbocycles. The van der Waals surface area contributed by atoms with Gasteiger partial charge in [-0.25, -0.2) is 9.97 Å². The maximum Gasteiger partial charge on any atom is 0.160 e. The zero-order valence-corrected chi connectivity index (χ0v) is 27.9. The molecule has 0 bridgehead atoms. The van der Waals surface area contributed by atoms with Gasteiger partial charge < -0.3 is 0 Å². The molecule has 1 heterocycles. The van der Waals surface area contributed by atoms with Crippen LogP contribution in [0.15, 0.2) is 194 Å². The van der Waals surface area contributed by atoms with Gasteiger partial charge in [-0.05, 0) is 62.0 Å². The second-order valence-corrected chi connectivity index (χ2v) is 13.3. The van der Waals surface area contributed by atoms with Crippen LogP contribution in [-0.2, 0) is 5.41 Å². The highest BCUT2D eigenvalue weighted by molar-refractivity contribution is 6.09. The van der Waals surface area contributed by atoms with Crippen molar-refractivity contribution in [2.45, 2.75) is 5.41 Å². The topological polar surface area (TPSA) is 25.8 Å². The Labute approximate surface area is 297 Å². The van der Waals surface area contributed by atoms with E-state index in [9.17, 15) is 0 Å². The summed E-state index contributed by atoms with van der Waals surface area (Å²) in [5.74, 6) is 0.725. The van der Waals surface area contributed by atoms with Crippen LogP contribution in [0.1, 0.15) is 22.3 Å². The Morgan fingerprint density at radius 3 is 1.69 bits per heavy atom. The summed E-state index contributed by atoms with van der Waals surface area (Å²) in [7, 11) is 0. The molecule has 1 aliphatic rings. The van der Waals surface area contributed by atoms with Crippen LogP contribution in [0.25, 0.3) is 66.6 Å². The van der Waals surface area contributed by atoms with E-state index in [4.69, 9.17) is 9.97 Å². The molecule has 2 heteroatoms. The third-order valence-corrected chi connectivity index (χ3v) is 10.6. The minimum absolute atomic E-state index is 0.398. The summed E-state index contributed by atoms with van der Waals surface area (Å²) in [6.45, 7) is 0. The summed E-state index contributed by atoms with van der Waals surface area (Å²) in [4.78, 5) is 10.4. The van der Waals surface area contributed by atoms with Gasteiger partial charge in [0.15, 0.2) is 5.82 Å². The zero-order valence-electron chi connectivity index (χ0n) is 27.9. The van der Waals surface area contributed by atoms with Gasteiger partial charge in [0, 0.05) is 21.9 Å². The normalized spacial score (nSPS) is 12.9. The molecule has 0 N–H and O–H groups in total. The van der Waals surface area contributed by atoms with Crippen molar-refractivity contribution in [3.8, 4) is 44.9 Å². The van der Waals surface area contributed by atoms with Crippen molar-refractivity contribution < 1.29 is 0 Å².